The van der Waals surface area contributed by atoms with Crippen LogP contribution >= 0.6 is 34.8 Å². The summed E-state index contributed by atoms with van der Waals surface area (Å²) in [4.78, 5) is 26.9. The highest BCUT2D eigenvalue weighted by Gasteiger charge is 2.28. The summed E-state index contributed by atoms with van der Waals surface area (Å²) in [5, 5.41) is 4.23. The third-order valence-electron chi connectivity index (χ3n) is 4.61. The van der Waals surface area contributed by atoms with Crippen LogP contribution in [0.25, 0.3) is 0 Å². The Morgan fingerprint density at radius 2 is 1.73 bits per heavy atom. The molecule has 30 heavy (non-hydrogen) atoms. The van der Waals surface area contributed by atoms with Crippen molar-refractivity contribution in [3.8, 4) is 5.75 Å². The second-order valence-corrected chi connectivity index (χ2v) is 7.98. The maximum atomic E-state index is 13.0. The number of benzene rings is 2. The predicted octanol–water partition coefficient (Wildman–Crippen LogP) is 5.36. The molecule has 0 radical (unpaired) electrons. The van der Waals surface area contributed by atoms with E-state index in [0.29, 0.717) is 40.3 Å². The first-order valence-electron chi connectivity index (χ1n) is 9.69. The maximum Gasteiger partial charge on any atom is 0.242 e. The van der Waals surface area contributed by atoms with Gasteiger partial charge < -0.3 is 15.0 Å². The molecule has 0 saturated carbocycles. The third-order valence-corrected chi connectivity index (χ3v) is 5.44. The molecule has 8 heteroatoms. The topological polar surface area (TPSA) is 58.6 Å². The fourth-order valence-corrected chi connectivity index (χ4v) is 3.60. The van der Waals surface area contributed by atoms with Gasteiger partial charge in [-0.2, -0.15) is 0 Å². The van der Waals surface area contributed by atoms with E-state index in [0.717, 1.165) is 5.56 Å². The van der Waals surface area contributed by atoms with Crippen molar-refractivity contribution in [2.45, 2.75) is 38.8 Å². The standard InChI is InChI=1S/C22H25Cl3N2O3/c1-3-20(22(29)26-2)27(14-15-6-7-17(24)13-19(15)25)21(28)5-4-12-30-18-10-8-16(23)9-11-18/h6-11,13,20H,3-5,12,14H2,1-2H3,(H,26,29). The summed E-state index contributed by atoms with van der Waals surface area (Å²) in [6.07, 6.45) is 1.24. The highest BCUT2D eigenvalue weighted by Crippen LogP contribution is 2.24. The molecule has 0 aliphatic rings. The Morgan fingerprint density at radius 3 is 2.33 bits per heavy atom. The number of halogens is 3. The van der Waals surface area contributed by atoms with E-state index in [1.54, 1.807) is 54.4 Å². The van der Waals surface area contributed by atoms with E-state index in [2.05, 4.69) is 5.32 Å². The molecule has 2 aromatic carbocycles. The summed E-state index contributed by atoms with van der Waals surface area (Å²) in [7, 11) is 1.56. The molecule has 0 aliphatic carbocycles. The number of ether oxygens (including phenoxy) is 1. The molecule has 0 bridgehead atoms. The predicted molar refractivity (Wildman–Crippen MR) is 121 cm³/mol. The number of carbonyl (C=O) groups is 2. The first kappa shape index (κ1) is 24.3. The monoisotopic (exact) mass is 470 g/mol. The lowest BCUT2D eigenvalue weighted by molar-refractivity contribution is -0.141. The SMILES string of the molecule is CCC(C(=O)NC)N(Cc1ccc(Cl)cc1Cl)C(=O)CCCOc1ccc(Cl)cc1. The minimum absolute atomic E-state index is 0.142. The molecule has 0 spiro atoms. The largest absolute Gasteiger partial charge is 0.494 e. The molecule has 1 unspecified atom stereocenters. The van der Waals surface area contributed by atoms with Gasteiger partial charge in [0.1, 0.15) is 11.8 Å². The zero-order valence-electron chi connectivity index (χ0n) is 17.0. The van der Waals surface area contributed by atoms with Crippen LogP contribution < -0.4 is 10.1 Å². The molecular weight excluding hydrogens is 447 g/mol. The molecular formula is C22H25Cl3N2O3. The molecule has 1 N–H and O–H groups in total. The van der Waals surface area contributed by atoms with Gasteiger partial charge in [0.25, 0.3) is 0 Å². The minimum Gasteiger partial charge on any atom is -0.494 e. The zero-order chi connectivity index (χ0) is 22.1. The number of nitrogens with one attached hydrogen (secondary N) is 1. The second-order valence-electron chi connectivity index (χ2n) is 6.70. The number of hydrogen-bond acceptors (Lipinski definition) is 3. The summed E-state index contributed by atoms with van der Waals surface area (Å²) in [6, 6.07) is 11.6. The number of hydrogen-bond donors (Lipinski definition) is 1. The van der Waals surface area contributed by atoms with Crippen molar-refractivity contribution in [1.29, 1.82) is 0 Å². The Bertz CT molecular complexity index is 859. The van der Waals surface area contributed by atoms with Gasteiger partial charge in [-0.15, -0.1) is 0 Å². The van der Waals surface area contributed by atoms with Crippen LogP contribution in [0.1, 0.15) is 31.7 Å². The Hall–Kier alpha value is -1.95. The van der Waals surface area contributed by atoms with Gasteiger partial charge in [0.05, 0.1) is 6.61 Å². The normalized spacial score (nSPS) is 11.6. The van der Waals surface area contributed by atoms with Gasteiger partial charge in [-0.1, -0.05) is 47.8 Å². The van der Waals surface area contributed by atoms with Crippen LogP contribution in [-0.4, -0.2) is 36.4 Å². The Labute approximate surface area is 192 Å². The summed E-state index contributed by atoms with van der Waals surface area (Å²) in [5.41, 5.74) is 0.731. The van der Waals surface area contributed by atoms with Gasteiger partial charge >= 0.3 is 0 Å². The maximum absolute atomic E-state index is 13.0. The first-order valence-corrected chi connectivity index (χ1v) is 10.8. The molecule has 2 amide bonds. The molecule has 0 aliphatic heterocycles. The molecule has 2 rings (SSSR count). The highest BCUT2D eigenvalue weighted by atomic mass is 35.5. The van der Waals surface area contributed by atoms with Crippen molar-refractivity contribution in [1.82, 2.24) is 10.2 Å². The van der Waals surface area contributed by atoms with E-state index in [1.807, 2.05) is 6.92 Å². The molecule has 0 aromatic heterocycles. The molecule has 2 aromatic rings. The van der Waals surface area contributed by atoms with Crippen LogP contribution in [0, 0.1) is 0 Å². The summed E-state index contributed by atoms with van der Waals surface area (Å²) in [6.45, 7) is 2.46. The van der Waals surface area contributed by atoms with Crippen molar-refractivity contribution >= 4 is 46.6 Å². The minimum atomic E-state index is -0.591. The van der Waals surface area contributed by atoms with E-state index in [9.17, 15) is 9.59 Å². The zero-order valence-corrected chi connectivity index (χ0v) is 19.2. The van der Waals surface area contributed by atoms with Gasteiger partial charge in [0.2, 0.25) is 11.8 Å². The van der Waals surface area contributed by atoms with Gasteiger partial charge in [0.15, 0.2) is 0 Å². The third kappa shape index (κ3) is 7.08. The van der Waals surface area contributed by atoms with Crippen molar-refractivity contribution in [3.63, 3.8) is 0 Å². The van der Waals surface area contributed by atoms with Crippen molar-refractivity contribution in [2.75, 3.05) is 13.7 Å². The number of carbonyl (C=O) groups excluding carboxylic acids is 2. The Kier molecular flexibility index (Phi) is 9.76. The van der Waals surface area contributed by atoms with Crippen LogP contribution in [0.5, 0.6) is 5.75 Å². The molecule has 5 nitrogen and oxygen atoms in total. The highest BCUT2D eigenvalue weighted by molar-refractivity contribution is 6.35. The summed E-state index contributed by atoms with van der Waals surface area (Å²) >= 11 is 18.1. The van der Waals surface area contributed by atoms with Crippen LogP contribution in [0.15, 0.2) is 42.5 Å². The summed E-state index contributed by atoms with van der Waals surface area (Å²) in [5.74, 6) is 0.331. The molecule has 0 heterocycles. The van der Waals surface area contributed by atoms with Gasteiger partial charge in [-0.3, -0.25) is 9.59 Å². The average Bonchev–Trinajstić information content (AvgIpc) is 2.73. The lowest BCUT2D eigenvalue weighted by Gasteiger charge is -2.30. The smallest absolute Gasteiger partial charge is 0.242 e. The number of likely N-dealkylation sites (N-methyl/N-ethyl adjacent to an activating group) is 1. The van der Waals surface area contributed by atoms with E-state index in [1.165, 1.54) is 0 Å². The van der Waals surface area contributed by atoms with E-state index in [-0.39, 0.29) is 24.8 Å². The summed E-state index contributed by atoms with van der Waals surface area (Å²) < 4.78 is 5.65. The van der Waals surface area contributed by atoms with E-state index < -0.39 is 6.04 Å². The fraction of sp³-hybridized carbons (Fsp3) is 0.364. The quantitative estimate of drug-likeness (QED) is 0.475. The van der Waals surface area contributed by atoms with Gasteiger partial charge in [-0.05, 0) is 54.8 Å². The van der Waals surface area contributed by atoms with Crippen LogP contribution in [0.4, 0.5) is 0 Å². The first-order chi connectivity index (χ1) is 14.3. The van der Waals surface area contributed by atoms with Crippen molar-refractivity contribution in [3.05, 3.63) is 63.1 Å². The van der Waals surface area contributed by atoms with Crippen LogP contribution in [-0.2, 0) is 16.1 Å². The van der Waals surface area contributed by atoms with Crippen LogP contribution in [0.2, 0.25) is 15.1 Å². The fourth-order valence-electron chi connectivity index (χ4n) is 3.01. The van der Waals surface area contributed by atoms with E-state index in [4.69, 9.17) is 39.5 Å². The Balaban J connectivity index is 2.05. The lowest BCUT2D eigenvalue weighted by atomic mass is 10.1. The molecule has 0 saturated heterocycles. The molecule has 162 valence electrons. The lowest BCUT2D eigenvalue weighted by Crippen LogP contribution is -2.48. The van der Waals surface area contributed by atoms with E-state index >= 15 is 0 Å². The number of amides is 2. The number of rotatable bonds is 10. The second kappa shape index (κ2) is 12.0. The van der Waals surface area contributed by atoms with Gasteiger partial charge in [-0.25, -0.2) is 0 Å². The average molecular weight is 472 g/mol. The van der Waals surface area contributed by atoms with Gasteiger partial charge in [0, 0.05) is 35.1 Å². The van der Waals surface area contributed by atoms with Crippen LogP contribution in [0.3, 0.4) is 0 Å². The number of nitrogens with zero attached hydrogens (tertiary/aromatic N) is 1. The molecule has 0 fully saturated rings. The van der Waals surface area contributed by atoms with Crippen molar-refractivity contribution < 1.29 is 14.3 Å². The Morgan fingerprint density at radius 1 is 1.07 bits per heavy atom. The van der Waals surface area contributed by atoms with Crippen molar-refractivity contribution in [2.24, 2.45) is 0 Å². The molecule has 1 atom stereocenters.